The Morgan fingerprint density at radius 3 is 2.86 bits per heavy atom. The maximum atomic E-state index is 11.1. The molecular weight excluding hydrogens is 302 g/mol. The van der Waals surface area contributed by atoms with E-state index < -0.39 is 12.0 Å². The molecule has 0 saturated carbocycles. The number of benzene rings is 1. The number of piperidine rings is 1. The second-order valence-corrected chi connectivity index (χ2v) is 6.23. The van der Waals surface area contributed by atoms with Gasteiger partial charge in [-0.3, -0.25) is 9.98 Å². The topological polar surface area (TPSA) is 83.3 Å². The van der Waals surface area contributed by atoms with Crippen LogP contribution in [0.1, 0.15) is 0 Å². The van der Waals surface area contributed by atoms with Gasteiger partial charge >= 0.3 is 5.97 Å². The number of rotatable bonds is 3. The smallest absolute Gasteiger partial charge is 0.329 e. The van der Waals surface area contributed by atoms with Crippen LogP contribution in [-0.4, -0.2) is 59.7 Å². The highest BCUT2D eigenvalue weighted by molar-refractivity contribution is 8.01. The number of hydrogen-bond acceptors (Lipinski definition) is 6. The van der Waals surface area contributed by atoms with Gasteiger partial charge in [-0.25, -0.2) is 4.79 Å². The predicted octanol–water partition coefficient (Wildman–Crippen LogP) is 1.38. The van der Waals surface area contributed by atoms with E-state index in [9.17, 15) is 4.79 Å². The lowest BCUT2D eigenvalue weighted by Crippen LogP contribution is -2.50. The molecule has 1 aromatic carbocycles. The molecule has 0 spiro atoms. The number of aliphatic imine (C=N–C) groups is 2. The van der Waals surface area contributed by atoms with Crippen LogP contribution in [0.4, 0.5) is 5.69 Å². The molecule has 6 nitrogen and oxygen atoms in total. The Morgan fingerprint density at radius 1 is 1.41 bits per heavy atom. The van der Waals surface area contributed by atoms with Gasteiger partial charge in [-0.05, 0) is 24.3 Å². The standard InChI is InChI=1S/C15H17N3O3S/c1-21-10-4-2-9(3-5-10)17-11-6-16-7-12-14(11)22-8-13(18-12)15(19)20/h2-5,13-14,16H,6-8H2,1H3,(H,19,20). The zero-order chi connectivity index (χ0) is 15.5. The van der Waals surface area contributed by atoms with Gasteiger partial charge in [0.15, 0.2) is 6.04 Å². The summed E-state index contributed by atoms with van der Waals surface area (Å²) in [4.78, 5) is 20.1. The number of methoxy groups -OCH3 is 1. The van der Waals surface area contributed by atoms with Gasteiger partial charge in [0.25, 0.3) is 0 Å². The van der Waals surface area contributed by atoms with Crippen LogP contribution in [0.2, 0.25) is 0 Å². The minimum atomic E-state index is -0.863. The molecule has 2 unspecified atom stereocenters. The van der Waals surface area contributed by atoms with Crippen molar-refractivity contribution in [2.75, 3.05) is 26.0 Å². The molecule has 116 valence electrons. The molecule has 0 amide bonds. The minimum absolute atomic E-state index is 0.0824. The Hall–Kier alpha value is -1.86. The Labute approximate surface area is 132 Å². The maximum absolute atomic E-state index is 11.1. The molecule has 7 heteroatoms. The molecule has 2 heterocycles. The Bertz CT molecular complexity index is 627. The first-order valence-corrected chi connectivity index (χ1v) is 8.05. The zero-order valence-electron chi connectivity index (χ0n) is 12.2. The number of ether oxygens (including phenoxy) is 1. The van der Waals surface area contributed by atoms with E-state index in [0.717, 1.165) is 22.9 Å². The quantitative estimate of drug-likeness (QED) is 0.879. The highest BCUT2D eigenvalue weighted by atomic mass is 32.2. The molecule has 1 saturated heterocycles. The van der Waals surface area contributed by atoms with Gasteiger partial charge in [-0.2, -0.15) is 0 Å². The molecule has 2 N–H and O–H groups in total. The molecule has 2 aliphatic rings. The van der Waals surface area contributed by atoms with Crippen molar-refractivity contribution < 1.29 is 14.6 Å². The molecular formula is C15H17N3O3S. The van der Waals surface area contributed by atoms with Crippen LogP contribution in [0.25, 0.3) is 0 Å². The zero-order valence-corrected chi connectivity index (χ0v) is 13.0. The molecule has 0 aromatic heterocycles. The van der Waals surface area contributed by atoms with Crippen LogP contribution in [0.3, 0.4) is 0 Å². The van der Waals surface area contributed by atoms with E-state index in [0.29, 0.717) is 18.8 Å². The summed E-state index contributed by atoms with van der Waals surface area (Å²) in [6.07, 6.45) is 0. The van der Waals surface area contributed by atoms with Gasteiger partial charge in [0.05, 0.1) is 23.8 Å². The first-order valence-electron chi connectivity index (χ1n) is 7.00. The monoisotopic (exact) mass is 319 g/mol. The van der Waals surface area contributed by atoms with Crippen molar-refractivity contribution in [1.82, 2.24) is 5.32 Å². The van der Waals surface area contributed by atoms with E-state index in [1.54, 1.807) is 18.9 Å². The van der Waals surface area contributed by atoms with Gasteiger partial charge in [0, 0.05) is 24.6 Å². The molecule has 0 aliphatic carbocycles. The number of thioether (sulfide) groups is 1. The van der Waals surface area contributed by atoms with E-state index in [1.807, 2.05) is 24.3 Å². The fourth-order valence-corrected chi connectivity index (χ4v) is 3.73. The van der Waals surface area contributed by atoms with Gasteiger partial charge in [-0.15, -0.1) is 11.8 Å². The predicted molar refractivity (Wildman–Crippen MR) is 88.1 cm³/mol. The lowest BCUT2D eigenvalue weighted by Gasteiger charge is -2.31. The van der Waals surface area contributed by atoms with Crippen molar-refractivity contribution in [2.24, 2.45) is 9.98 Å². The SMILES string of the molecule is COc1ccc(N=C2CNCC3=NC(C(=O)O)CSC23)cc1. The van der Waals surface area contributed by atoms with Crippen molar-refractivity contribution in [2.45, 2.75) is 11.3 Å². The highest BCUT2D eigenvalue weighted by Crippen LogP contribution is 2.27. The first-order chi connectivity index (χ1) is 10.7. The van der Waals surface area contributed by atoms with E-state index in [4.69, 9.17) is 14.8 Å². The number of carbonyl (C=O) groups is 1. The average molecular weight is 319 g/mol. The Balaban J connectivity index is 1.83. The van der Waals surface area contributed by atoms with Crippen LogP contribution >= 0.6 is 11.8 Å². The fourth-order valence-electron chi connectivity index (χ4n) is 2.47. The number of hydrogen-bond donors (Lipinski definition) is 2. The third kappa shape index (κ3) is 3.15. The number of carboxylic acids is 1. The van der Waals surface area contributed by atoms with Crippen LogP contribution in [-0.2, 0) is 4.79 Å². The van der Waals surface area contributed by atoms with Crippen LogP contribution in [0.5, 0.6) is 5.75 Å². The summed E-state index contributed by atoms with van der Waals surface area (Å²) in [5, 5.41) is 12.4. The van der Waals surface area contributed by atoms with Crippen molar-refractivity contribution in [3.63, 3.8) is 0 Å². The van der Waals surface area contributed by atoms with Crippen LogP contribution < -0.4 is 10.1 Å². The summed E-state index contributed by atoms with van der Waals surface area (Å²) in [5.74, 6) is 0.424. The van der Waals surface area contributed by atoms with Gasteiger partial charge in [0.2, 0.25) is 0 Å². The summed E-state index contributed by atoms with van der Waals surface area (Å²) in [6.45, 7) is 1.32. The van der Waals surface area contributed by atoms with E-state index in [-0.39, 0.29) is 5.25 Å². The normalized spacial score (nSPS) is 26.2. The Morgan fingerprint density at radius 2 is 2.18 bits per heavy atom. The molecule has 22 heavy (non-hydrogen) atoms. The summed E-state index contributed by atoms with van der Waals surface area (Å²) >= 11 is 1.61. The van der Waals surface area contributed by atoms with Crippen molar-refractivity contribution in [3.05, 3.63) is 24.3 Å². The molecule has 1 fully saturated rings. The number of fused-ring (bicyclic) bond motifs is 1. The second kappa shape index (κ2) is 6.50. The third-order valence-electron chi connectivity index (χ3n) is 3.59. The van der Waals surface area contributed by atoms with Gasteiger partial charge in [0.1, 0.15) is 5.75 Å². The molecule has 2 atom stereocenters. The van der Waals surface area contributed by atoms with E-state index in [2.05, 4.69) is 10.3 Å². The van der Waals surface area contributed by atoms with Crippen molar-refractivity contribution in [1.29, 1.82) is 0 Å². The second-order valence-electron chi connectivity index (χ2n) is 5.09. The van der Waals surface area contributed by atoms with Crippen LogP contribution in [0, 0.1) is 0 Å². The van der Waals surface area contributed by atoms with Crippen molar-refractivity contribution in [3.8, 4) is 5.75 Å². The first kappa shape index (κ1) is 15.1. The third-order valence-corrected chi connectivity index (χ3v) is 4.98. The molecule has 0 bridgehead atoms. The van der Waals surface area contributed by atoms with Crippen LogP contribution in [0.15, 0.2) is 34.3 Å². The summed E-state index contributed by atoms with van der Waals surface area (Å²) in [6, 6.07) is 6.92. The molecule has 1 aromatic rings. The lowest BCUT2D eigenvalue weighted by molar-refractivity contribution is -0.137. The summed E-state index contributed by atoms with van der Waals surface area (Å²) in [7, 11) is 1.63. The minimum Gasteiger partial charge on any atom is -0.497 e. The Kier molecular flexibility index (Phi) is 4.44. The fraction of sp³-hybridized carbons (Fsp3) is 0.400. The number of nitrogens with one attached hydrogen (secondary N) is 1. The van der Waals surface area contributed by atoms with Crippen molar-refractivity contribution >= 4 is 34.8 Å². The number of aliphatic carboxylic acids is 1. The number of nitrogens with zero attached hydrogens (tertiary/aromatic N) is 2. The van der Waals surface area contributed by atoms with E-state index >= 15 is 0 Å². The number of carboxylic acid groups (broad SMARTS) is 1. The average Bonchev–Trinajstić information content (AvgIpc) is 2.55. The summed E-state index contributed by atoms with van der Waals surface area (Å²) in [5.41, 5.74) is 2.73. The largest absolute Gasteiger partial charge is 0.497 e. The summed E-state index contributed by atoms with van der Waals surface area (Å²) < 4.78 is 5.14. The molecule has 3 rings (SSSR count). The van der Waals surface area contributed by atoms with Gasteiger partial charge < -0.3 is 15.2 Å². The highest BCUT2D eigenvalue weighted by Gasteiger charge is 2.33. The molecule has 2 aliphatic heterocycles. The maximum Gasteiger partial charge on any atom is 0.329 e. The van der Waals surface area contributed by atoms with E-state index in [1.165, 1.54) is 0 Å². The molecule has 0 radical (unpaired) electrons. The lowest BCUT2D eigenvalue weighted by atomic mass is 10.1. The van der Waals surface area contributed by atoms with Gasteiger partial charge in [-0.1, -0.05) is 0 Å².